The van der Waals surface area contributed by atoms with E-state index in [1.54, 1.807) is 33.9 Å². The maximum atomic E-state index is 12.5. The highest BCUT2D eigenvalue weighted by Crippen LogP contribution is 2.64. The van der Waals surface area contributed by atoms with Crippen molar-refractivity contribution in [2.24, 2.45) is 0 Å². The molecule has 0 aliphatic carbocycles. The molecular weight excluding hydrogens is 621 g/mol. The molecule has 46 heavy (non-hydrogen) atoms. The van der Waals surface area contributed by atoms with Gasteiger partial charge in [-0.3, -0.25) is 9.11 Å². The summed E-state index contributed by atoms with van der Waals surface area (Å²) >= 11 is 1.49. The second-order valence-electron chi connectivity index (χ2n) is 12.4. The molecule has 1 atom stereocenters. The average molecular weight is 669 g/mol. The molecule has 0 saturated heterocycles. The second kappa shape index (κ2) is 15.2. The molecule has 1 unspecified atom stereocenters. The predicted molar refractivity (Wildman–Crippen MR) is 189 cm³/mol. The van der Waals surface area contributed by atoms with Crippen LogP contribution in [0.5, 0.6) is 11.5 Å². The van der Waals surface area contributed by atoms with Crippen LogP contribution in [0.2, 0.25) is 0 Å². The van der Waals surface area contributed by atoms with Crippen LogP contribution in [0.4, 0.5) is 11.4 Å². The number of rotatable bonds is 12. The van der Waals surface area contributed by atoms with Crippen LogP contribution in [-0.2, 0) is 16.1 Å². The van der Waals surface area contributed by atoms with Crippen molar-refractivity contribution in [3.05, 3.63) is 84.6 Å². The van der Waals surface area contributed by atoms with Gasteiger partial charge in [0.25, 0.3) is 0 Å². The van der Waals surface area contributed by atoms with Gasteiger partial charge in [-0.2, -0.15) is 4.31 Å². The molecule has 0 radical (unpaired) electrons. The van der Waals surface area contributed by atoms with Gasteiger partial charge in [0.15, 0.2) is 0 Å². The highest BCUT2D eigenvalue weighted by Gasteiger charge is 2.48. The molecule has 1 aliphatic rings. The molecule has 250 valence electrons. The second-order valence-corrected chi connectivity index (χ2v) is 15.2. The Balaban J connectivity index is 1.91. The Morgan fingerprint density at radius 1 is 1.07 bits per heavy atom. The van der Waals surface area contributed by atoms with Crippen LogP contribution < -0.4 is 14.4 Å². The average Bonchev–Trinajstić information content (AvgIpc) is 3.10. The number of fused-ring (bicyclic) bond motifs is 1. The zero-order valence-electron chi connectivity index (χ0n) is 28.0. The van der Waals surface area contributed by atoms with Crippen molar-refractivity contribution in [1.29, 1.82) is 0 Å². The molecule has 1 aliphatic heterocycles. The normalized spacial score (nSPS) is 18.9. The van der Waals surface area contributed by atoms with Crippen molar-refractivity contribution in [2.45, 2.75) is 87.8 Å². The fraction of sp³-hybridized carbons (Fsp3) is 0.417. The highest BCUT2D eigenvalue weighted by atomic mass is 32.3. The number of carbonyl (C=O) groups excluding carboxylic acids is 1. The molecule has 10 heteroatoms. The predicted octanol–water partition coefficient (Wildman–Crippen LogP) is 9.67. The lowest BCUT2D eigenvalue weighted by Crippen LogP contribution is -2.53. The van der Waals surface area contributed by atoms with E-state index < -0.39 is 27.9 Å². The molecule has 0 amide bonds. The minimum absolute atomic E-state index is 0.324. The number of hydrogen-bond donors (Lipinski definition) is 2. The zero-order chi connectivity index (χ0) is 33.5. The first-order valence-corrected chi connectivity index (χ1v) is 18.4. The first kappa shape index (κ1) is 35.7. The monoisotopic (exact) mass is 668 g/mol. The molecule has 1 heterocycles. The first-order chi connectivity index (χ1) is 21.9. The van der Waals surface area contributed by atoms with Gasteiger partial charge in [0.05, 0.1) is 35.6 Å². The Morgan fingerprint density at radius 3 is 2.35 bits per heavy atom. The number of nitrogens with zero attached hydrogens (tertiary/aromatic N) is 2. The fourth-order valence-electron chi connectivity index (χ4n) is 5.73. The summed E-state index contributed by atoms with van der Waals surface area (Å²) in [6.45, 7) is 10.6. The van der Waals surface area contributed by atoms with Crippen molar-refractivity contribution in [2.75, 3.05) is 24.8 Å². The number of hydrogen-bond acceptors (Lipinski definition) is 9. The Bertz CT molecular complexity index is 1490. The van der Waals surface area contributed by atoms with Gasteiger partial charge in [-0.05, 0) is 75.8 Å². The van der Waals surface area contributed by atoms with E-state index in [4.69, 9.17) is 14.2 Å². The number of esters is 1. The Labute approximate surface area is 280 Å². The third-order valence-electron chi connectivity index (χ3n) is 8.13. The number of anilines is 2. The summed E-state index contributed by atoms with van der Waals surface area (Å²) in [6, 6.07) is 21.5. The number of carbonyl (C=O) groups is 1. The summed E-state index contributed by atoms with van der Waals surface area (Å²) in [7, 11) is -1.95. The van der Waals surface area contributed by atoms with E-state index in [9.17, 15) is 13.9 Å². The van der Waals surface area contributed by atoms with Gasteiger partial charge in [-0.15, -0.1) is 22.5 Å². The maximum Gasteiger partial charge on any atom is 0.334 e. The number of methoxy groups -OCH3 is 1. The van der Waals surface area contributed by atoms with Gasteiger partial charge in [-0.25, -0.2) is 4.79 Å². The largest absolute Gasteiger partial charge is 0.497 e. The van der Waals surface area contributed by atoms with E-state index in [0.29, 0.717) is 35.8 Å². The molecule has 0 bridgehead atoms. The van der Waals surface area contributed by atoms with E-state index in [-0.39, 0.29) is 0 Å². The van der Waals surface area contributed by atoms with Crippen LogP contribution in [0.1, 0.15) is 65.9 Å². The molecule has 8 nitrogen and oxygen atoms in total. The minimum Gasteiger partial charge on any atom is -0.497 e. The van der Waals surface area contributed by atoms with Gasteiger partial charge in [0.2, 0.25) is 0 Å². The molecule has 3 aromatic carbocycles. The van der Waals surface area contributed by atoms with Gasteiger partial charge < -0.3 is 19.1 Å². The lowest BCUT2D eigenvalue weighted by molar-refractivity contribution is -0.148. The smallest absolute Gasteiger partial charge is 0.334 e. The third-order valence-corrected chi connectivity index (χ3v) is 10.9. The van der Waals surface area contributed by atoms with Crippen molar-refractivity contribution in [3.8, 4) is 11.5 Å². The number of para-hydroxylation sites is 1. The molecular formula is C36H48N2O6S2. The number of benzene rings is 3. The summed E-state index contributed by atoms with van der Waals surface area (Å²) in [5.41, 5.74) is 1.41. The van der Waals surface area contributed by atoms with E-state index in [2.05, 4.69) is 30.9 Å². The van der Waals surface area contributed by atoms with Crippen molar-refractivity contribution in [1.82, 2.24) is 4.31 Å². The van der Waals surface area contributed by atoms with Crippen molar-refractivity contribution < 1.29 is 28.1 Å². The van der Waals surface area contributed by atoms with Crippen molar-refractivity contribution >= 4 is 39.9 Å². The zero-order valence-corrected chi connectivity index (χ0v) is 29.6. The minimum atomic E-state index is -3.58. The molecule has 4 rings (SSSR count). The van der Waals surface area contributed by atoms with Gasteiger partial charge in [0, 0.05) is 24.8 Å². The summed E-state index contributed by atoms with van der Waals surface area (Å²) in [5.74, 6) is 0.633. The van der Waals surface area contributed by atoms with E-state index in [1.165, 1.54) is 24.1 Å². The number of ether oxygens (including phenoxy) is 3. The number of unbranched alkanes of at least 4 members (excludes halogenated alkanes) is 1. The molecule has 0 saturated carbocycles. The molecule has 0 spiro atoms. The van der Waals surface area contributed by atoms with Crippen LogP contribution in [0, 0.1) is 0 Å². The third kappa shape index (κ3) is 8.22. The van der Waals surface area contributed by atoms with E-state index >= 15 is 0 Å². The number of thioether (sulfide) groups is 1. The van der Waals surface area contributed by atoms with E-state index in [1.807, 2.05) is 59.1 Å². The quantitative estimate of drug-likeness (QED) is 0.0847. The fourth-order valence-corrected chi connectivity index (χ4v) is 8.36. The summed E-state index contributed by atoms with van der Waals surface area (Å²) in [6.07, 6.45) is 7.86. The lowest BCUT2D eigenvalue weighted by Gasteiger charge is -2.52. The van der Waals surface area contributed by atoms with Crippen LogP contribution in [0.25, 0.3) is 0 Å². The highest BCUT2D eigenvalue weighted by molar-refractivity contribution is 8.22. The summed E-state index contributed by atoms with van der Waals surface area (Å²) in [5, 5.41) is 0. The summed E-state index contributed by atoms with van der Waals surface area (Å²) in [4.78, 5) is 15.7. The van der Waals surface area contributed by atoms with Gasteiger partial charge in [-0.1, -0.05) is 57.0 Å². The topological polar surface area (TPSA) is 91.7 Å². The Kier molecular flexibility index (Phi) is 11.8. The SMILES string of the molecule is CCCCC1(CC)CN(c2ccccc2)c2cc(SC)c(O/C=C/C(=O)OC(C)(C)C)cc2S(O)(O)N1Cc1ccc(OC)cc1. The van der Waals surface area contributed by atoms with Crippen LogP contribution >= 0.6 is 22.5 Å². The van der Waals surface area contributed by atoms with Gasteiger partial charge >= 0.3 is 5.97 Å². The van der Waals surface area contributed by atoms with Crippen LogP contribution in [-0.4, -0.2) is 50.4 Å². The molecule has 0 fully saturated rings. The molecule has 0 aromatic heterocycles. The molecule has 3 aromatic rings. The Morgan fingerprint density at radius 2 is 1.76 bits per heavy atom. The standard InChI is InChI=1S/C36H48N2O6S2/c1-8-10-21-36(9-2)26-37(28-14-12-11-13-15-28)30-23-32(45-7)31(43-22-20-34(39)44-35(3,4)5)24-33(30)46(40,41)38(36)25-27-16-18-29(42-6)19-17-27/h11-20,22-24,40-41H,8-10,21,25-26H2,1-7H3/b22-20+. The van der Waals surface area contributed by atoms with Crippen LogP contribution in [0.3, 0.4) is 0 Å². The van der Waals surface area contributed by atoms with E-state index in [0.717, 1.165) is 41.2 Å². The van der Waals surface area contributed by atoms with Crippen molar-refractivity contribution in [3.63, 3.8) is 0 Å². The molecule has 2 N–H and O–H groups in total. The van der Waals surface area contributed by atoms with Gasteiger partial charge in [0.1, 0.15) is 22.0 Å². The lowest BCUT2D eigenvalue weighted by atomic mass is 9.88. The maximum absolute atomic E-state index is 12.5. The summed E-state index contributed by atoms with van der Waals surface area (Å²) < 4.78 is 43.8. The van der Waals surface area contributed by atoms with Crippen LogP contribution in [0.15, 0.2) is 88.9 Å². The first-order valence-electron chi connectivity index (χ1n) is 15.7. The Hall–Kier alpha value is -3.15.